The Bertz CT molecular complexity index is 1270. The van der Waals surface area contributed by atoms with E-state index in [0.29, 0.717) is 0 Å². The number of aromatic nitrogens is 1. The zero-order chi connectivity index (χ0) is 23.0. The predicted octanol–water partition coefficient (Wildman–Crippen LogP) is 3.73. The first-order valence-corrected chi connectivity index (χ1v) is 11.5. The number of piperazine rings is 1. The van der Waals surface area contributed by atoms with Crippen LogP contribution in [0.4, 0.5) is 8.78 Å². The van der Waals surface area contributed by atoms with Crippen molar-refractivity contribution in [2.24, 2.45) is 0 Å². The summed E-state index contributed by atoms with van der Waals surface area (Å²) in [6.07, 6.45) is 0. The number of carbonyl (C=O) groups excluding carboxylic acids is 1. The number of halogens is 3. The Labute approximate surface area is 188 Å². The number of amides is 1. The molecule has 4 rings (SSSR count). The highest BCUT2D eigenvalue weighted by atomic mass is 35.5. The van der Waals surface area contributed by atoms with Crippen LogP contribution in [0.15, 0.2) is 51.9 Å². The Morgan fingerprint density at radius 3 is 2.34 bits per heavy atom. The van der Waals surface area contributed by atoms with Crippen molar-refractivity contribution < 1.29 is 26.5 Å². The van der Waals surface area contributed by atoms with Crippen LogP contribution >= 0.6 is 11.6 Å². The molecule has 1 saturated heterocycles. The largest absolute Gasteiger partial charge is 0.360 e. The van der Waals surface area contributed by atoms with E-state index in [1.807, 2.05) is 0 Å². The second kappa shape index (κ2) is 8.61. The van der Waals surface area contributed by atoms with Gasteiger partial charge in [-0.2, -0.15) is 4.31 Å². The summed E-state index contributed by atoms with van der Waals surface area (Å²) in [7, 11) is -4.04. The van der Waals surface area contributed by atoms with Gasteiger partial charge in [0.15, 0.2) is 0 Å². The van der Waals surface area contributed by atoms with Crippen molar-refractivity contribution >= 4 is 27.5 Å². The molecule has 3 aromatic rings. The molecule has 1 aliphatic rings. The molecule has 1 aromatic heterocycles. The summed E-state index contributed by atoms with van der Waals surface area (Å²) in [5.41, 5.74) is -0.00504. The lowest BCUT2D eigenvalue weighted by Crippen LogP contribution is -2.50. The highest BCUT2D eigenvalue weighted by Crippen LogP contribution is 2.34. The monoisotopic (exact) mass is 481 g/mol. The van der Waals surface area contributed by atoms with Crippen LogP contribution in [-0.4, -0.2) is 54.9 Å². The van der Waals surface area contributed by atoms with Gasteiger partial charge in [0.2, 0.25) is 10.0 Å². The van der Waals surface area contributed by atoms with E-state index in [2.05, 4.69) is 5.16 Å². The van der Waals surface area contributed by atoms with Gasteiger partial charge in [0.25, 0.3) is 5.91 Å². The Morgan fingerprint density at radius 1 is 1.03 bits per heavy atom. The van der Waals surface area contributed by atoms with E-state index >= 15 is 0 Å². The molecule has 0 spiro atoms. The van der Waals surface area contributed by atoms with E-state index in [1.54, 1.807) is 0 Å². The van der Waals surface area contributed by atoms with E-state index in [1.165, 1.54) is 48.2 Å². The first-order valence-electron chi connectivity index (χ1n) is 9.66. The minimum Gasteiger partial charge on any atom is -0.360 e. The molecule has 1 aliphatic heterocycles. The first kappa shape index (κ1) is 22.4. The highest BCUT2D eigenvalue weighted by molar-refractivity contribution is 7.89. The van der Waals surface area contributed by atoms with Crippen molar-refractivity contribution in [2.45, 2.75) is 11.8 Å². The number of hydrogen-bond acceptors (Lipinski definition) is 5. The van der Waals surface area contributed by atoms with Crippen LogP contribution in [-0.2, 0) is 10.0 Å². The van der Waals surface area contributed by atoms with Crippen molar-refractivity contribution in [1.29, 1.82) is 0 Å². The highest BCUT2D eigenvalue weighted by Gasteiger charge is 2.34. The lowest BCUT2D eigenvalue weighted by atomic mass is 10.0. The third kappa shape index (κ3) is 3.89. The second-order valence-electron chi connectivity index (χ2n) is 7.19. The number of benzene rings is 2. The van der Waals surface area contributed by atoms with Crippen LogP contribution in [0.1, 0.15) is 16.1 Å². The number of sulfonamides is 1. The van der Waals surface area contributed by atoms with Gasteiger partial charge in [0.05, 0.1) is 10.6 Å². The van der Waals surface area contributed by atoms with Gasteiger partial charge in [0.1, 0.15) is 33.5 Å². The lowest BCUT2D eigenvalue weighted by Gasteiger charge is -2.34. The fourth-order valence-corrected chi connectivity index (χ4v) is 5.34. The van der Waals surface area contributed by atoms with Crippen LogP contribution in [0.2, 0.25) is 5.02 Å². The maximum absolute atomic E-state index is 14.4. The normalized spacial score (nSPS) is 15.2. The van der Waals surface area contributed by atoms with Gasteiger partial charge >= 0.3 is 0 Å². The average Bonchev–Trinajstić information content (AvgIpc) is 3.14. The molecule has 0 atom stereocenters. The summed E-state index contributed by atoms with van der Waals surface area (Å²) in [5.74, 6) is -1.79. The standard InChI is InChI=1S/C21H18ClF2N3O4S/c1-13-18(20(25-31-13)19-14(22)5-4-7-16(19)24)21(28)26-9-11-27(12-10-26)32(29,30)17-8-3-2-6-15(17)23/h2-8H,9-12H2,1H3. The first-order chi connectivity index (χ1) is 15.2. The summed E-state index contributed by atoms with van der Waals surface area (Å²) in [5, 5.41) is 3.91. The second-order valence-corrected chi connectivity index (χ2v) is 9.50. The van der Waals surface area contributed by atoms with Crippen molar-refractivity contribution in [3.63, 3.8) is 0 Å². The molecule has 11 heteroatoms. The van der Waals surface area contributed by atoms with Crippen LogP contribution in [0.3, 0.4) is 0 Å². The molecule has 0 saturated carbocycles. The Morgan fingerprint density at radius 2 is 1.69 bits per heavy atom. The van der Waals surface area contributed by atoms with Gasteiger partial charge in [-0.3, -0.25) is 4.79 Å². The molecule has 32 heavy (non-hydrogen) atoms. The molecule has 0 aliphatic carbocycles. The van der Waals surface area contributed by atoms with Gasteiger partial charge in [-0.25, -0.2) is 17.2 Å². The zero-order valence-corrected chi connectivity index (χ0v) is 18.5. The van der Waals surface area contributed by atoms with Crippen molar-refractivity contribution in [3.05, 3.63) is 70.4 Å². The quantitative estimate of drug-likeness (QED) is 0.567. The lowest BCUT2D eigenvalue weighted by molar-refractivity contribution is 0.0696. The number of rotatable bonds is 4. The molecule has 0 radical (unpaired) electrons. The molecule has 168 valence electrons. The third-order valence-corrected chi connectivity index (χ3v) is 7.50. The van der Waals surface area contributed by atoms with Crippen molar-refractivity contribution in [2.75, 3.05) is 26.2 Å². The number of hydrogen-bond donors (Lipinski definition) is 0. The van der Waals surface area contributed by atoms with Crippen LogP contribution in [0.25, 0.3) is 11.3 Å². The minimum absolute atomic E-state index is 0.0167. The zero-order valence-electron chi connectivity index (χ0n) is 16.9. The summed E-state index contributed by atoms with van der Waals surface area (Å²) in [6, 6.07) is 9.25. The Kier molecular flexibility index (Phi) is 6.02. The summed E-state index contributed by atoms with van der Waals surface area (Å²) >= 11 is 6.13. The molecular formula is C21H18ClF2N3O4S. The van der Waals surface area contributed by atoms with Crippen molar-refractivity contribution in [3.8, 4) is 11.3 Å². The number of aryl methyl sites for hydroxylation is 1. The van der Waals surface area contributed by atoms with Gasteiger partial charge in [-0.1, -0.05) is 35.0 Å². The SMILES string of the molecule is Cc1onc(-c2c(F)cccc2Cl)c1C(=O)N1CCN(S(=O)(=O)c2ccccc2F)CC1. The van der Waals surface area contributed by atoms with Crippen LogP contribution < -0.4 is 0 Å². The minimum atomic E-state index is -4.04. The molecule has 2 heterocycles. The average molecular weight is 482 g/mol. The smallest absolute Gasteiger partial charge is 0.259 e. The van der Waals surface area contributed by atoms with E-state index in [-0.39, 0.29) is 53.8 Å². The van der Waals surface area contributed by atoms with Crippen molar-refractivity contribution in [1.82, 2.24) is 14.4 Å². The fourth-order valence-electron chi connectivity index (χ4n) is 3.60. The molecule has 0 unspecified atom stereocenters. The van der Waals surface area contributed by atoms with E-state index < -0.39 is 32.5 Å². The molecule has 0 bridgehead atoms. The summed E-state index contributed by atoms with van der Waals surface area (Å²) in [6.45, 7) is 1.59. The van der Waals surface area contributed by atoms with E-state index in [4.69, 9.17) is 16.1 Å². The van der Waals surface area contributed by atoms with Gasteiger partial charge in [0, 0.05) is 26.2 Å². The third-order valence-electron chi connectivity index (χ3n) is 5.26. The molecule has 0 N–H and O–H groups in total. The van der Waals surface area contributed by atoms with E-state index in [0.717, 1.165) is 10.4 Å². The van der Waals surface area contributed by atoms with E-state index in [9.17, 15) is 22.0 Å². The number of nitrogens with zero attached hydrogens (tertiary/aromatic N) is 3. The maximum Gasteiger partial charge on any atom is 0.259 e. The molecule has 7 nitrogen and oxygen atoms in total. The number of carbonyl (C=O) groups is 1. The topological polar surface area (TPSA) is 83.7 Å². The van der Waals surface area contributed by atoms with Gasteiger partial charge < -0.3 is 9.42 Å². The Balaban J connectivity index is 1.57. The van der Waals surface area contributed by atoms with Gasteiger partial charge in [-0.15, -0.1) is 0 Å². The van der Waals surface area contributed by atoms with Crippen LogP contribution in [0.5, 0.6) is 0 Å². The molecular weight excluding hydrogens is 464 g/mol. The molecule has 1 amide bonds. The predicted molar refractivity (Wildman–Crippen MR) is 113 cm³/mol. The maximum atomic E-state index is 14.4. The fraction of sp³-hybridized carbons (Fsp3) is 0.238. The van der Waals surface area contributed by atoms with Crippen LogP contribution in [0, 0.1) is 18.6 Å². The summed E-state index contributed by atoms with van der Waals surface area (Å²) in [4.78, 5) is 14.2. The summed E-state index contributed by atoms with van der Waals surface area (Å²) < 4.78 is 60.3. The Hall–Kier alpha value is -2.82. The van der Waals surface area contributed by atoms with Gasteiger partial charge in [-0.05, 0) is 31.2 Å². The molecule has 2 aromatic carbocycles. The molecule has 1 fully saturated rings.